The van der Waals surface area contributed by atoms with Gasteiger partial charge in [-0.2, -0.15) is 0 Å². The van der Waals surface area contributed by atoms with Gasteiger partial charge < -0.3 is 16.4 Å². The van der Waals surface area contributed by atoms with Crippen LogP contribution in [0.15, 0.2) is 24.3 Å². The van der Waals surface area contributed by atoms with Crippen LogP contribution in [0.2, 0.25) is 5.02 Å². The largest absolute Gasteiger partial charge is 0.392 e. The normalized spacial score (nSPS) is 11.5. The highest BCUT2D eigenvalue weighted by atomic mass is 35.5. The van der Waals surface area contributed by atoms with E-state index in [1.165, 1.54) is 0 Å². The molecule has 1 aromatic rings. The first-order valence-electron chi connectivity index (χ1n) is 5.52. The maximum absolute atomic E-state index is 11.6. The lowest BCUT2D eigenvalue weighted by Gasteiger charge is -2.14. The van der Waals surface area contributed by atoms with Crippen molar-refractivity contribution in [3.8, 4) is 0 Å². The average Bonchev–Trinajstić information content (AvgIpc) is 2.35. The van der Waals surface area contributed by atoms with E-state index in [2.05, 4.69) is 22.9 Å². The lowest BCUT2D eigenvalue weighted by Crippen LogP contribution is -2.43. The number of carbonyl (C=O) groups is 2. The van der Waals surface area contributed by atoms with E-state index in [4.69, 9.17) is 17.3 Å². The van der Waals surface area contributed by atoms with Crippen LogP contribution < -0.4 is 16.4 Å². The molecule has 19 heavy (non-hydrogen) atoms. The van der Waals surface area contributed by atoms with Crippen LogP contribution >= 0.6 is 23.8 Å². The standard InChI is InChI=1S/C12H14ClN3O2S/c1-7(8-3-2-4-9(13)5-8)16-12(18)11(17)15-6-10(14)19/h2-5,7H,6H2,1H3,(H2,14,19)(H,15,17)(H,16,18). The molecular weight excluding hydrogens is 286 g/mol. The molecule has 1 unspecified atom stereocenters. The van der Waals surface area contributed by atoms with Gasteiger partial charge in [0, 0.05) is 5.02 Å². The molecule has 4 N–H and O–H groups in total. The van der Waals surface area contributed by atoms with Crippen molar-refractivity contribution in [2.24, 2.45) is 5.73 Å². The van der Waals surface area contributed by atoms with Crippen LogP contribution in [0.25, 0.3) is 0 Å². The van der Waals surface area contributed by atoms with Gasteiger partial charge in [0.15, 0.2) is 0 Å². The third-order valence-corrected chi connectivity index (χ3v) is 2.71. The van der Waals surface area contributed by atoms with E-state index >= 15 is 0 Å². The Kier molecular flexibility index (Phi) is 5.72. The maximum atomic E-state index is 11.6. The lowest BCUT2D eigenvalue weighted by molar-refractivity contribution is -0.139. The molecule has 0 aliphatic carbocycles. The van der Waals surface area contributed by atoms with Crippen LogP contribution in [0.1, 0.15) is 18.5 Å². The van der Waals surface area contributed by atoms with Gasteiger partial charge in [-0.25, -0.2) is 0 Å². The lowest BCUT2D eigenvalue weighted by atomic mass is 10.1. The summed E-state index contributed by atoms with van der Waals surface area (Å²) < 4.78 is 0. The second kappa shape index (κ2) is 7.06. The van der Waals surface area contributed by atoms with Gasteiger partial charge in [-0.3, -0.25) is 9.59 Å². The molecule has 0 heterocycles. The van der Waals surface area contributed by atoms with Crippen LogP contribution in [-0.4, -0.2) is 23.3 Å². The van der Waals surface area contributed by atoms with E-state index < -0.39 is 11.8 Å². The predicted octanol–water partition coefficient (Wildman–Crippen LogP) is 0.920. The fraction of sp³-hybridized carbons (Fsp3) is 0.250. The van der Waals surface area contributed by atoms with Crippen LogP contribution in [0.3, 0.4) is 0 Å². The van der Waals surface area contributed by atoms with E-state index in [-0.39, 0.29) is 17.6 Å². The van der Waals surface area contributed by atoms with E-state index in [1.807, 2.05) is 6.07 Å². The van der Waals surface area contributed by atoms with Crippen LogP contribution in [0.5, 0.6) is 0 Å². The summed E-state index contributed by atoms with van der Waals surface area (Å²) in [6, 6.07) is 6.70. The van der Waals surface area contributed by atoms with Crippen LogP contribution in [0.4, 0.5) is 0 Å². The highest BCUT2D eigenvalue weighted by Gasteiger charge is 2.16. The highest BCUT2D eigenvalue weighted by Crippen LogP contribution is 2.16. The van der Waals surface area contributed by atoms with E-state index in [0.717, 1.165) is 5.56 Å². The Balaban J connectivity index is 2.56. The third-order valence-electron chi connectivity index (χ3n) is 2.33. The summed E-state index contributed by atoms with van der Waals surface area (Å²) in [5, 5.41) is 5.43. The van der Waals surface area contributed by atoms with Crippen molar-refractivity contribution in [2.75, 3.05) is 6.54 Å². The minimum absolute atomic E-state index is 0.00681. The molecule has 1 aromatic carbocycles. The number of nitrogens with two attached hydrogens (primary N) is 1. The monoisotopic (exact) mass is 299 g/mol. The summed E-state index contributed by atoms with van der Waals surface area (Å²) in [4.78, 5) is 23.1. The van der Waals surface area contributed by atoms with E-state index in [0.29, 0.717) is 5.02 Å². The zero-order valence-corrected chi connectivity index (χ0v) is 11.8. The third kappa shape index (κ3) is 5.23. The first-order chi connectivity index (χ1) is 8.90. The molecule has 0 fully saturated rings. The first kappa shape index (κ1) is 15.4. The second-order valence-electron chi connectivity index (χ2n) is 3.90. The SMILES string of the molecule is CC(NC(=O)C(=O)NCC(N)=S)c1cccc(Cl)c1. The van der Waals surface area contributed by atoms with Gasteiger partial charge in [-0.1, -0.05) is 36.0 Å². The number of halogens is 1. The minimum Gasteiger partial charge on any atom is -0.392 e. The molecule has 0 aliphatic heterocycles. The molecule has 102 valence electrons. The van der Waals surface area contributed by atoms with Crippen molar-refractivity contribution in [3.05, 3.63) is 34.9 Å². The van der Waals surface area contributed by atoms with Gasteiger partial charge in [0.2, 0.25) is 0 Å². The zero-order chi connectivity index (χ0) is 14.4. The number of nitrogens with one attached hydrogen (secondary N) is 2. The van der Waals surface area contributed by atoms with Crippen molar-refractivity contribution >= 4 is 40.6 Å². The number of benzene rings is 1. The van der Waals surface area contributed by atoms with Crippen molar-refractivity contribution in [2.45, 2.75) is 13.0 Å². The number of thiocarbonyl (C=S) groups is 1. The number of hydrogen-bond acceptors (Lipinski definition) is 3. The van der Waals surface area contributed by atoms with Crippen molar-refractivity contribution < 1.29 is 9.59 Å². The van der Waals surface area contributed by atoms with Crippen molar-refractivity contribution in [1.82, 2.24) is 10.6 Å². The van der Waals surface area contributed by atoms with Gasteiger partial charge in [0.05, 0.1) is 17.6 Å². The van der Waals surface area contributed by atoms with Gasteiger partial charge in [-0.05, 0) is 24.6 Å². The molecule has 1 atom stereocenters. The Morgan fingerprint density at radius 1 is 1.42 bits per heavy atom. The molecule has 0 spiro atoms. The fourth-order valence-corrected chi connectivity index (χ4v) is 1.64. The molecule has 0 saturated heterocycles. The Morgan fingerprint density at radius 2 is 2.11 bits per heavy atom. The Labute approximate surface area is 121 Å². The summed E-state index contributed by atoms with van der Waals surface area (Å²) in [7, 11) is 0. The summed E-state index contributed by atoms with van der Waals surface area (Å²) in [5.74, 6) is -1.52. The molecule has 0 aromatic heterocycles. The van der Waals surface area contributed by atoms with Crippen LogP contribution in [0, 0.1) is 0 Å². The quantitative estimate of drug-likeness (QED) is 0.570. The summed E-state index contributed by atoms with van der Waals surface area (Å²) in [6.07, 6.45) is 0. The highest BCUT2D eigenvalue weighted by molar-refractivity contribution is 7.80. The smallest absolute Gasteiger partial charge is 0.309 e. The fourth-order valence-electron chi connectivity index (χ4n) is 1.37. The predicted molar refractivity (Wildman–Crippen MR) is 77.8 cm³/mol. The van der Waals surface area contributed by atoms with Crippen molar-refractivity contribution in [3.63, 3.8) is 0 Å². The molecule has 0 aliphatic rings. The van der Waals surface area contributed by atoms with Gasteiger partial charge in [-0.15, -0.1) is 0 Å². The minimum atomic E-state index is -0.776. The number of carbonyl (C=O) groups excluding carboxylic acids is 2. The molecule has 1 rings (SSSR count). The number of amides is 2. The average molecular weight is 300 g/mol. The van der Waals surface area contributed by atoms with Crippen LogP contribution in [-0.2, 0) is 9.59 Å². The summed E-state index contributed by atoms with van der Waals surface area (Å²) in [6.45, 7) is 1.75. The molecule has 0 saturated carbocycles. The Hall–Kier alpha value is -1.66. The number of hydrogen-bond donors (Lipinski definition) is 3. The molecule has 0 bridgehead atoms. The molecule has 0 radical (unpaired) electrons. The summed E-state index contributed by atoms with van der Waals surface area (Å²) >= 11 is 10.4. The summed E-state index contributed by atoms with van der Waals surface area (Å²) in [5.41, 5.74) is 6.03. The number of rotatable bonds is 4. The maximum Gasteiger partial charge on any atom is 0.309 e. The Bertz CT molecular complexity index is 508. The zero-order valence-electron chi connectivity index (χ0n) is 10.3. The topological polar surface area (TPSA) is 84.2 Å². The molecular formula is C12H14ClN3O2S. The first-order valence-corrected chi connectivity index (χ1v) is 6.31. The second-order valence-corrected chi connectivity index (χ2v) is 4.86. The van der Waals surface area contributed by atoms with Gasteiger partial charge >= 0.3 is 11.8 Å². The Morgan fingerprint density at radius 3 is 2.68 bits per heavy atom. The molecule has 5 nitrogen and oxygen atoms in total. The van der Waals surface area contributed by atoms with Gasteiger partial charge in [0.1, 0.15) is 0 Å². The molecule has 7 heteroatoms. The van der Waals surface area contributed by atoms with E-state index in [1.54, 1.807) is 25.1 Å². The van der Waals surface area contributed by atoms with E-state index in [9.17, 15) is 9.59 Å². The van der Waals surface area contributed by atoms with Gasteiger partial charge in [0.25, 0.3) is 0 Å². The molecule has 2 amide bonds. The van der Waals surface area contributed by atoms with Crippen molar-refractivity contribution in [1.29, 1.82) is 0 Å².